The molecule has 0 unspecified atom stereocenters. The zero-order valence-electron chi connectivity index (χ0n) is 5.40. The highest BCUT2D eigenvalue weighted by molar-refractivity contribution is 5.77. The fraction of sp³-hybridized carbons (Fsp3) is 0.500. The van der Waals surface area contributed by atoms with Crippen LogP contribution in [-0.4, -0.2) is 40.3 Å². The molecule has 0 aromatic heterocycles. The van der Waals surface area contributed by atoms with E-state index in [1.165, 1.54) is 0 Å². The monoisotopic (exact) mass is 140 g/mol. The Morgan fingerprint density at radius 1 is 1.70 bits per heavy atom. The highest BCUT2D eigenvalue weighted by atomic mass is 16.5. The van der Waals surface area contributed by atoms with Crippen molar-refractivity contribution < 1.29 is 10.0 Å². The van der Waals surface area contributed by atoms with Crippen molar-refractivity contribution in [2.75, 3.05) is 13.1 Å². The predicted octanol–water partition coefficient (Wildman–Crippen LogP) is 0.0516. The van der Waals surface area contributed by atoms with Gasteiger partial charge in [0.15, 0.2) is 0 Å². The number of fused-ring (bicyclic) bond motifs is 2. The summed E-state index contributed by atoms with van der Waals surface area (Å²) >= 11 is 0. The minimum Gasteiger partial charge on any atom is -0.317 e. The average molecular weight is 140 g/mol. The summed E-state index contributed by atoms with van der Waals surface area (Å²) in [6.07, 6.45) is 3.74. The van der Waals surface area contributed by atoms with Gasteiger partial charge in [-0.3, -0.25) is 5.21 Å². The Kier molecular flexibility index (Phi) is 0.990. The Balaban J connectivity index is 2.30. The molecule has 0 spiro atoms. The maximum absolute atomic E-state index is 10.9. The predicted molar refractivity (Wildman–Crippen MR) is 33.5 cm³/mol. The molecule has 0 saturated carbocycles. The van der Waals surface area contributed by atoms with Crippen molar-refractivity contribution in [2.24, 2.45) is 0 Å². The third-order valence-electron chi connectivity index (χ3n) is 1.87. The summed E-state index contributed by atoms with van der Waals surface area (Å²) in [5, 5.41) is 9.84. The third-order valence-corrected chi connectivity index (χ3v) is 1.87. The lowest BCUT2D eigenvalue weighted by molar-refractivity contribution is -0.0450. The molecule has 2 heterocycles. The molecule has 0 aromatic carbocycles. The second kappa shape index (κ2) is 1.73. The van der Waals surface area contributed by atoms with E-state index in [1.807, 2.05) is 12.2 Å². The van der Waals surface area contributed by atoms with Crippen LogP contribution in [0.3, 0.4) is 0 Å². The summed E-state index contributed by atoms with van der Waals surface area (Å²) in [4.78, 5) is 12.6. The molecule has 2 amide bonds. The second-order valence-electron chi connectivity index (χ2n) is 2.53. The van der Waals surface area contributed by atoms with Crippen molar-refractivity contribution in [1.29, 1.82) is 0 Å². The van der Waals surface area contributed by atoms with Crippen LogP contribution in [0.5, 0.6) is 0 Å². The van der Waals surface area contributed by atoms with E-state index in [0.717, 1.165) is 5.06 Å². The fourth-order valence-electron chi connectivity index (χ4n) is 1.31. The minimum atomic E-state index is -0.282. The zero-order chi connectivity index (χ0) is 7.14. The summed E-state index contributed by atoms with van der Waals surface area (Å²) < 4.78 is 0. The van der Waals surface area contributed by atoms with Crippen LogP contribution in [-0.2, 0) is 0 Å². The first kappa shape index (κ1) is 5.73. The maximum atomic E-state index is 10.9. The van der Waals surface area contributed by atoms with Gasteiger partial charge in [-0.05, 0) is 0 Å². The van der Waals surface area contributed by atoms with Gasteiger partial charge >= 0.3 is 6.03 Å². The van der Waals surface area contributed by atoms with Gasteiger partial charge in [0.1, 0.15) is 0 Å². The van der Waals surface area contributed by atoms with Crippen molar-refractivity contribution in [1.82, 2.24) is 9.96 Å². The average Bonchev–Trinajstić information content (AvgIpc) is 2.17. The van der Waals surface area contributed by atoms with Gasteiger partial charge in [0.25, 0.3) is 0 Å². The standard InChI is InChI=1S/C6H8N2O2/c9-6-7-3-1-2-5(4-7)8(6)10/h1-2,5,10H,3-4H2/t5-/m1/s1. The number of rotatable bonds is 0. The molecule has 54 valence electrons. The highest BCUT2D eigenvalue weighted by Crippen LogP contribution is 2.17. The molecule has 4 heteroatoms. The fourth-order valence-corrected chi connectivity index (χ4v) is 1.31. The quantitative estimate of drug-likeness (QED) is 0.381. The molecule has 4 nitrogen and oxygen atoms in total. The maximum Gasteiger partial charge on any atom is 0.344 e. The number of hydrogen-bond acceptors (Lipinski definition) is 2. The molecule has 1 atom stereocenters. The molecule has 1 saturated heterocycles. The summed E-state index contributed by atoms with van der Waals surface area (Å²) in [7, 11) is 0. The number of hydroxylamine groups is 2. The van der Waals surface area contributed by atoms with Crippen LogP contribution < -0.4 is 0 Å². The van der Waals surface area contributed by atoms with E-state index in [0.29, 0.717) is 13.1 Å². The van der Waals surface area contributed by atoms with Gasteiger partial charge < -0.3 is 4.90 Å². The number of carbonyl (C=O) groups is 1. The highest BCUT2D eigenvalue weighted by Gasteiger charge is 2.36. The summed E-state index contributed by atoms with van der Waals surface area (Å²) in [6.45, 7) is 1.26. The topological polar surface area (TPSA) is 43.8 Å². The van der Waals surface area contributed by atoms with Crippen LogP contribution in [0.15, 0.2) is 12.2 Å². The number of urea groups is 1. The van der Waals surface area contributed by atoms with Crippen molar-refractivity contribution in [3.8, 4) is 0 Å². The molecule has 0 radical (unpaired) electrons. The Hall–Kier alpha value is -1.03. The Morgan fingerprint density at radius 3 is 3.10 bits per heavy atom. The van der Waals surface area contributed by atoms with Crippen LogP contribution in [0.4, 0.5) is 4.79 Å². The first-order chi connectivity index (χ1) is 4.79. The second-order valence-corrected chi connectivity index (χ2v) is 2.53. The van der Waals surface area contributed by atoms with Gasteiger partial charge in [-0.15, -0.1) is 0 Å². The number of nitrogens with zero attached hydrogens (tertiary/aromatic N) is 2. The summed E-state index contributed by atoms with van der Waals surface area (Å²) in [5.74, 6) is 0. The van der Waals surface area contributed by atoms with E-state index in [2.05, 4.69) is 0 Å². The van der Waals surface area contributed by atoms with E-state index in [1.54, 1.807) is 4.90 Å². The Morgan fingerprint density at radius 2 is 2.50 bits per heavy atom. The van der Waals surface area contributed by atoms with Crippen molar-refractivity contribution in [3.05, 3.63) is 12.2 Å². The lowest BCUT2D eigenvalue weighted by Gasteiger charge is -2.13. The minimum absolute atomic E-state index is 0.110. The molecule has 0 aromatic rings. The molecule has 1 fully saturated rings. The lowest BCUT2D eigenvalue weighted by Crippen LogP contribution is -2.29. The summed E-state index contributed by atoms with van der Waals surface area (Å²) in [5.41, 5.74) is 0. The first-order valence-corrected chi connectivity index (χ1v) is 3.23. The van der Waals surface area contributed by atoms with E-state index in [9.17, 15) is 4.79 Å². The molecule has 0 aliphatic carbocycles. The molecule has 1 N–H and O–H groups in total. The summed E-state index contributed by atoms with van der Waals surface area (Å²) in [6, 6.07) is -0.392. The molecule has 2 aliphatic rings. The smallest absolute Gasteiger partial charge is 0.317 e. The van der Waals surface area contributed by atoms with Gasteiger partial charge in [0.05, 0.1) is 6.04 Å². The van der Waals surface area contributed by atoms with Crippen LogP contribution in [0, 0.1) is 0 Å². The molecular formula is C6H8N2O2. The van der Waals surface area contributed by atoms with Gasteiger partial charge in [-0.1, -0.05) is 12.2 Å². The number of carbonyl (C=O) groups excluding carboxylic acids is 1. The first-order valence-electron chi connectivity index (χ1n) is 3.23. The Bertz CT molecular complexity index is 198. The number of amides is 2. The van der Waals surface area contributed by atoms with Crippen LogP contribution in [0.2, 0.25) is 0 Å². The van der Waals surface area contributed by atoms with E-state index < -0.39 is 0 Å². The van der Waals surface area contributed by atoms with Crippen LogP contribution >= 0.6 is 0 Å². The van der Waals surface area contributed by atoms with E-state index in [-0.39, 0.29) is 12.1 Å². The molecule has 2 aliphatic heterocycles. The Labute approximate surface area is 58.3 Å². The van der Waals surface area contributed by atoms with Gasteiger partial charge in [0, 0.05) is 13.1 Å². The van der Waals surface area contributed by atoms with E-state index >= 15 is 0 Å². The SMILES string of the molecule is O=C1N2CC=C[C@H](C2)N1O. The van der Waals surface area contributed by atoms with Crippen molar-refractivity contribution in [2.45, 2.75) is 6.04 Å². The number of hydrogen-bond donors (Lipinski definition) is 1. The van der Waals surface area contributed by atoms with Crippen molar-refractivity contribution in [3.63, 3.8) is 0 Å². The van der Waals surface area contributed by atoms with E-state index in [4.69, 9.17) is 5.21 Å². The van der Waals surface area contributed by atoms with Crippen molar-refractivity contribution >= 4 is 6.03 Å². The lowest BCUT2D eigenvalue weighted by atomic mass is 10.2. The van der Waals surface area contributed by atoms with Crippen LogP contribution in [0.25, 0.3) is 0 Å². The molecule has 2 rings (SSSR count). The third kappa shape index (κ3) is 0.565. The van der Waals surface area contributed by atoms with Gasteiger partial charge in [0.2, 0.25) is 0 Å². The zero-order valence-corrected chi connectivity index (χ0v) is 5.40. The molecule has 10 heavy (non-hydrogen) atoms. The van der Waals surface area contributed by atoms with Crippen LogP contribution in [0.1, 0.15) is 0 Å². The largest absolute Gasteiger partial charge is 0.344 e. The van der Waals surface area contributed by atoms with Gasteiger partial charge in [-0.25, -0.2) is 4.79 Å². The normalized spacial score (nSPS) is 30.1. The molecule has 2 bridgehead atoms. The molecular weight excluding hydrogens is 132 g/mol. The van der Waals surface area contributed by atoms with Gasteiger partial charge in [-0.2, -0.15) is 5.06 Å².